The van der Waals surface area contributed by atoms with Gasteiger partial charge >= 0.3 is 0 Å². The minimum absolute atomic E-state index is 0.830. The molecule has 0 aliphatic carbocycles. The van der Waals surface area contributed by atoms with E-state index in [1.807, 2.05) is 13.1 Å². The number of rotatable bonds is 11. The maximum atomic E-state index is 5.50. The van der Waals surface area contributed by atoms with Crippen LogP contribution in [0.5, 0.6) is 5.75 Å². The molecule has 1 aromatic carbocycles. The molecule has 0 aliphatic heterocycles. The lowest BCUT2D eigenvalue weighted by Gasteiger charge is -2.13. The molecule has 0 bridgehead atoms. The van der Waals surface area contributed by atoms with E-state index in [2.05, 4.69) is 47.3 Å². The molecule has 1 heterocycles. The van der Waals surface area contributed by atoms with Gasteiger partial charge in [0.15, 0.2) is 0 Å². The topological polar surface area (TPSA) is 47.0 Å². The quantitative estimate of drug-likeness (QED) is 0.567. The average molecular weight is 356 g/mol. The van der Waals surface area contributed by atoms with Crippen LogP contribution < -0.4 is 10.1 Å². The lowest BCUT2D eigenvalue weighted by Crippen LogP contribution is -2.08. The highest BCUT2D eigenvalue weighted by Crippen LogP contribution is 2.24. The van der Waals surface area contributed by atoms with Crippen molar-refractivity contribution in [2.45, 2.75) is 65.7 Å². The van der Waals surface area contributed by atoms with Gasteiger partial charge in [-0.1, -0.05) is 32.4 Å². The van der Waals surface area contributed by atoms with Gasteiger partial charge < -0.3 is 10.1 Å². The number of hydrogen-bond donors (Lipinski definition) is 1. The van der Waals surface area contributed by atoms with Crippen LogP contribution >= 0.6 is 0 Å². The molecule has 0 spiro atoms. The van der Waals surface area contributed by atoms with Crippen LogP contribution in [0.25, 0.3) is 0 Å². The molecular formula is C22H33N3O. The molecular weight excluding hydrogens is 322 g/mol. The third-order valence-corrected chi connectivity index (χ3v) is 4.75. The number of nitrogens with zero attached hydrogens (tertiary/aromatic N) is 2. The maximum Gasteiger partial charge on any atom is 0.132 e. The van der Waals surface area contributed by atoms with Gasteiger partial charge in [-0.05, 0) is 62.6 Å². The van der Waals surface area contributed by atoms with Gasteiger partial charge in [0, 0.05) is 18.3 Å². The molecule has 0 saturated carbocycles. The minimum atomic E-state index is 0.830. The van der Waals surface area contributed by atoms with Crippen LogP contribution in [0.1, 0.15) is 62.0 Å². The van der Waals surface area contributed by atoms with Crippen LogP contribution in [0.3, 0.4) is 0 Å². The molecule has 2 aromatic rings. The monoisotopic (exact) mass is 355 g/mol. The first-order valence-electron chi connectivity index (χ1n) is 9.90. The maximum absolute atomic E-state index is 5.50. The molecule has 4 heteroatoms. The lowest BCUT2D eigenvalue weighted by molar-refractivity contribution is 0.409. The number of benzene rings is 1. The summed E-state index contributed by atoms with van der Waals surface area (Å²) in [6.45, 7) is 7.32. The Bertz CT molecular complexity index is 685. The number of aromatic nitrogens is 2. The third kappa shape index (κ3) is 5.72. The lowest BCUT2D eigenvalue weighted by atomic mass is 9.98. The summed E-state index contributed by atoms with van der Waals surface area (Å²) in [5.74, 6) is 2.86. The van der Waals surface area contributed by atoms with Gasteiger partial charge in [-0.3, -0.25) is 0 Å². The van der Waals surface area contributed by atoms with Gasteiger partial charge in [0.25, 0.3) is 0 Å². The molecule has 2 rings (SSSR count). The molecule has 0 fully saturated rings. The van der Waals surface area contributed by atoms with Crippen molar-refractivity contribution in [2.75, 3.05) is 19.0 Å². The highest BCUT2D eigenvalue weighted by atomic mass is 16.5. The Morgan fingerprint density at radius 2 is 1.81 bits per heavy atom. The Hall–Kier alpha value is -2.10. The van der Waals surface area contributed by atoms with E-state index in [1.165, 1.54) is 23.1 Å². The Kier molecular flexibility index (Phi) is 8.39. The first kappa shape index (κ1) is 20.2. The second-order valence-electron chi connectivity index (χ2n) is 6.73. The van der Waals surface area contributed by atoms with Crippen molar-refractivity contribution >= 4 is 5.82 Å². The Labute approximate surface area is 158 Å². The normalized spacial score (nSPS) is 10.8. The van der Waals surface area contributed by atoms with Gasteiger partial charge in [0.2, 0.25) is 0 Å². The Balaban J connectivity index is 1.92. The molecule has 142 valence electrons. The summed E-state index contributed by atoms with van der Waals surface area (Å²) in [6.07, 6.45) is 9.74. The highest BCUT2D eigenvalue weighted by molar-refractivity contribution is 5.43. The Morgan fingerprint density at radius 3 is 2.50 bits per heavy atom. The fourth-order valence-corrected chi connectivity index (χ4v) is 3.28. The van der Waals surface area contributed by atoms with Crippen LogP contribution in [0, 0.1) is 6.92 Å². The van der Waals surface area contributed by atoms with Crippen molar-refractivity contribution in [1.29, 1.82) is 0 Å². The molecule has 0 saturated heterocycles. The average Bonchev–Trinajstić information content (AvgIpc) is 2.66. The fraction of sp³-hybridized carbons (Fsp3) is 0.545. The molecule has 0 aliphatic rings. The first-order chi connectivity index (χ1) is 12.7. The Morgan fingerprint density at radius 1 is 1.04 bits per heavy atom. The second kappa shape index (κ2) is 10.8. The van der Waals surface area contributed by atoms with Gasteiger partial charge in [0.1, 0.15) is 17.4 Å². The molecule has 0 radical (unpaired) electrons. The van der Waals surface area contributed by atoms with E-state index in [0.717, 1.165) is 62.5 Å². The number of nitrogens with one attached hydrogen (secondary N) is 1. The van der Waals surface area contributed by atoms with E-state index >= 15 is 0 Å². The number of aryl methyl sites for hydroxylation is 3. The van der Waals surface area contributed by atoms with Crippen molar-refractivity contribution in [2.24, 2.45) is 0 Å². The van der Waals surface area contributed by atoms with Gasteiger partial charge in [0.05, 0.1) is 7.11 Å². The molecule has 1 N–H and O–H groups in total. The van der Waals surface area contributed by atoms with Crippen LogP contribution in [-0.2, 0) is 19.3 Å². The van der Waals surface area contributed by atoms with E-state index in [1.54, 1.807) is 7.11 Å². The molecule has 0 amide bonds. The SMILES string of the molecule is CCCCNc1nc(C)ncc1CCCCc1cccc(OC)c1CC. The van der Waals surface area contributed by atoms with Crippen molar-refractivity contribution in [3.8, 4) is 5.75 Å². The zero-order chi connectivity index (χ0) is 18.8. The first-order valence-corrected chi connectivity index (χ1v) is 9.90. The van der Waals surface area contributed by atoms with Gasteiger partial charge in [-0.2, -0.15) is 0 Å². The molecule has 4 nitrogen and oxygen atoms in total. The van der Waals surface area contributed by atoms with Crippen LogP contribution in [0.2, 0.25) is 0 Å². The second-order valence-corrected chi connectivity index (χ2v) is 6.73. The largest absolute Gasteiger partial charge is 0.496 e. The summed E-state index contributed by atoms with van der Waals surface area (Å²) in [7, 11) is 1.75. The summed E-state index contributed by atoms with van der Waals surface area (Å²) in [5.41, 5.74) is 3.98. The summed E-state index contributed by atoms with van der Waals surface area (Å²) >= 11 is 0. The number of methoxy groups -OCH3 is 1. The number of hydrogen-bond acceptors (Lipinski definition) is 4. The zero-order valence-electron chi connectivity index (χ0n) is 16.8. The van der Waals surface area contributed by atoms with Gasteiger partial charge in [-0.25, -0.2) is 9.97 Å². The zero-order valence-corrected chi connectivity index (χ0v) is 16.8. The predicted molar refractivity (Wildman–Crippen MR) is 109 cm³/mol. The van der Waals surface area contributed by atoms with Crippen LogP contribution in [-0.4, -0.2) is 23.6 Å². The van der Waals surface area contributed by atoms with E-state index in [0.29, 0.717) is 0 Å². The minimum Gasteiger partial charge on any atom is -0.496 e. The van der Waals surface area contributed by atoms with Crippen LogP contribution in [0.4, 0.5) is 5.82 Å². The summed E-state index contributed by atoms with van der Waals surface area (Å²) in [5, 5.41) is 3.48. The standard InChI is InChI=1S/C22H33N3O/c1-5-7-15-23-22-19(16-24-17(3)25-22)12-9-8-11-18-13-10-14-21(26-4)20(18)6-2/h10,13-14,16H,5-9,11-12,15H2,1-4H3,(H,23,24,25). The molecule has 0 atom stereocenters. The third-order valence-electron chi connectivity index (χ3n) is 4.75. The number of unbranched alkanes of at least 4 members (excludes halogenated alkanes) is 2. The van der Waals surface area contributed by atoms with E-state index < -0.39 is 0 Å². The fourth-order valence-electron chi connectivity index (χ4n) is 3.28. The van der Waals surface area contributed by atoms with Crippen molar-refractivity contribution in [1.82, 2.24) is 9.97 Å². The van der Waals surface area contributed by atoms with Crippen molar-refractivity contribution in [3.05, 3.63) is 46.9 Å². The van der Waals surface area contributed by atoms with E-state index in [9.17, 15) is 0 Å². The van der Waals surface area contributed by atoms with Gasteiger partial charge in [-0.15, -0.1) is 0 Å². The van der Waals surface area contributed by atoms with Crippen molar-refractivity contribution < 1.29 is 4.74 Å². The predicted octanol–water partition coefficient (Wildman–Crippen LogP) is 5.13. The van der Waals surface area contributed by atoms with Crippen molar-refractivity contribution in [3.63, 3.8) is 0 Å². The summed E-state index contributed by atoms with van der Waals surface area (Å²) in [4.78, 5) is 8.98. The summed E-state index contributed by atoms with van der Waals surface area (Å²) in [6, 6.07) is 6.38. The summed E-state index contributed by atoms with van der Waals surface area (Å²) < 4.78 is 5.50. The molecule has 26 heavy (non-hydrogen) atoms. The van der Waals surface area contributed by atoms with E-state index in [-0.39, 0.29) is 0 Å². The smallest absolute Gasteiger partial charge is 0.132 e. The van der Waals surface area contributed by atoms with E-state index in [4.69, 9.17) is 4.74 Å². The number of anilines is 1. The molecule has 0 unspecified atom stereocenters. The highest BCUT2D eigenvalue weighted by Gasteiger charge is 2.08. The molecule has 1 aromatic heterocycles. The number of ether oxygens (including phenoxy) is 1. The van der Waals surface area contributed by atoms with Crippen LogP contribution in [0.15, 0.2) is 24.4 Å².